The molecule has 0 aromatic carbocycles. The van der Waals surface area contributed by atoms with Gasteiger partial charge in [0.25, 0.3) is 0 Å². The Hall–Kier alpha value is -1.20. The zero-order chi connectivity index (χ0) is 10.4. The molecule has 0 aliphatic rings. The lowest BCUT2D eigenvalue weighted by molar-refractivity contribution is 0.176. The minimum absolute atomic E-state index is 0.358. The first-order valence-electron chi connectivity index (χ1n) is 4.28. The van der Waals surface area contributed by atoms with E-state index in [0.29, 0.717) is 17.4 Å². The van der Waals surface area contributed by atoms with Gasteiger partial charge in [0.1, 0.15) is 6.10 Å². The molecule has 1 atom stereocenters. The van der Waals surface area contributed by atoms with Crippen molar-refractivity contribution in [1.82, 2.24) is 15.6 Å². The molecular formula is C9H13N3OS. The summed E-state index contributed by atoms with van der Waals surface area (Å²) >= 11 is 4.87. The lowest BCUT2D eigenvalue weighted by atomic mass is 10.2. The number of aliphatic hydroxyl groups is 1. The Labute approximate surface area is 88.4 Å². The number of aliphatic hydroxyl groups excluding tert-OH is 1. The third-order valence-corrected chi connectivity index (χ3v) is 2.06. The van der Waals surface area contributed by atoms with Gasteiger partial charge in [-0.3, -0.25) is 4.98 Å². The number of hydrogen-bond acceptors (Lipinski definition) is 3. The highest BCUT2D eigenvalue weighted by molar-refractivity contribution is 7.80. The lowest BCUT2D eigenvalue weighted by Crippen LogP contribution is -2.35. The molecule has 0 aliphatic carbocycles. The Morgan fingerprint density at radius 3 is 3.00 bits per heavy atom. The standard InChI is InChI=1S/C9H13N3OS/c1-10-9(14)12-6-8(13)7-4-2-3-5-11-7/h2-5,8,13H,6H2,1H3,(H2,10,12,14). The third kappa shape index (κ3) is 3.27. The molecule has 14 heavy (non-hydrogen) atoms. The summed E-state index contributed by atoms with van der Waals surface area (Å²) in [6, 6.07) is 5.42. The van der Waals surface area contributed by atoms with Gasteiger partial charge in [0.05, 0.1) is 5.69 Å². The van der Waals surface area contributed by atoms with Crippen molar-refractivity contribution >= 4 is 17.3 Å². The summed E-state index contributed by atoms with van der Waals surface area (Å²) in [5, 5.41) is 15.8. The van der Waals surface area contributed by atoms with Crippen molar-refractivity contribution in [2.24, 2.45) is 0 Å². The summed E-state index contributed by atoms with van der Waals surface area (Å²) in [6.07, 6.45) is 1.01. The van der Waals surface area contributed by atoms with Crippen LogP contribution in [0.1, 0.15) is 11.8 Å². The van der Waals surface area contributed by atoms with Gasteiger partial charge in [-0.1, -0.05) is 6.07 Å². The van der Waals surface area contributed by atoms with Gasteiger partial charge in [-0.05, 0) is 24.4 Å². The van der Waals surface area contributed by atoms with Crippen molar-refractivity contribution < 1.29 is 5.11 Å². The van der Waals surface area contributed by atoms with E-state index in [1.54, 1.807) is 19.3 Å². The first kappa shape index (κ1) is 10.9. The predicted octanol–water partition coefficient (Wildman–Crippen LogP) is 0.209. The van der Waals surface area contributed by atoms with Gasteiger partial charge in [-0.2, -0.15) is 0 Å². The molecule has 0 bridgehead atoms. The van der Waals surface area contributed by atoms with E-state index >= 15 is 0 Å². The van der Waals surface area contributed by atoms with E-state index in [0.717, 1.165) is 0 Å². The van der Waals surface area contributed by atoms with Crippen LogP contribution >= 0.6 is 12.2 Å². The van der Waals surface area contributed by atoms with E-state index in [1.807, 2.05) is 12.1 Å². The van der Waals surface area contributed by atoms with Crippen LogP contribution in [0, 0.1) is 0 Å². The summed E-state index contributed by atoms with van der Waals surface area (Å²) in [6.45, 7) is 0.358. The monoisotopic (exact) mass is 211 g/mol. The number of nitrogens with zero attached hydrogens (tertiary/aromatic N) is 1. The van der Waals surface area contributed by atoms with Gasteiger partial charge >= 0.3 is 0 Å². The molecule has 0 spiro atoms. The molecule has 1 heterocycles. The molecular weight excluding hydrogens is 198 g/mol. The Morgan fingerprint density at radius 1 is 1.64 bits per heavy atom. The topological polar surface area (TPSA) is 57.2 Å². The fourth-order valence-electron chi connectivity index (χ4n) is 0.955. The number of thiocarbonyl (C=S) groups is 1. The SMILES string of the molecule is CNC(=S)NCC(O)c1ccccn1. The highest BCUT2D eigenvalue weighted by Crippen LogP contribution is 2.06. The maximum atomic E-state index is 9.65. The summed E-state index contributed by atoms with van der Waals surface area (Å²) in [4.78, 5) is 4.03. The molecule has 0 aliphatic heterocycles. The molecule has 0 saturated heterocycles. The van der Waals surface area contributed by atoms with Crippen LogP contribution in [-0.2, 0) is 0 Å². The second-order valence-electron chi connectivity index (χ2n) is 2.73. The van der Waals surface area contributed by atoms with Crippen molar-refractivity contribution in [1.29, 1.82) is 0 Å². The van der Waals surface area contributed by atoms with Crippen LogP contribution in [0.2, 0.25) is 0 Å². The van der Waals surface area contributed by atoms with Crippen molar-refractivity contribution in [2.45, 2.75) is 6.10 Å². The highest BCUT2D eigenvalue weighted by atomic mass is 32.1. The van der Waals surface area contributed by atoms with Crippen LogP contribution in [-0.4, -0.2) is 28.8 Å². The molecule has 4 nitrogen and oxygen atoms in total. The molecule has 1 unspecified atom stereocenters. The van der Waals surface area contributed by atoms with Gasteiger partial charge in [0.15, 0.2) is 5.11 Å². The Balaban J connectivity index is 2.43. The van der Waals surface area contributed by atoms with Gasteiger partial charge in [-0.15, -0.1) is 0 Å². The van der Waals surface area contributed by atoms with Crippen LogP contribution in [0.15, 0.2) is 24.4 Å². The van der Waals surface area contributed by atoms with Crippen molar-refractivity contribution in [3.8, 4) is 0 Å². The molecule has 76 valence electrons. The van der Waals surface area contributed by atoms with Crippen LogP contribution in [0.4, 0.5) is 0 Å². The van der Waals surface area contributed by atoms with E-state index in [1.165, 1.54) is 0 Å². The Morgan fingerprint density at radius 2 is 2.43 bits per heavy atom. The maximum absolute atomic E-state index is 9.65. The number of hydrogen-bond donors (Lipinski definition) is 3. The van der Waals surface area contributed by atoms with Gasteiger partial charge in [0.2, 0.25) is 0 Å². The van der Waals surface area contributed by atoms with Crippen LogP contribution in [0.25, 0.3) is 0 Å². The predicted molar refractivity (Wildman–Crippen MR) is 58.9 cm³/mol. The first-order valence-corrected chi connectivity index (χ1v) is 4.69. The average Bonchev–Trinajstić information content (AvgIpc) is 2.26. The fourth-order valence-corrected chi connectivity index (χ4v) is 1.04. The van der Waals surface area contributed by atoms with Gasteiger partial charge < -0.3 is 15.7 Å². The number of aromatic nitrogens is 1. The Kier molecular flexibility index (Phi) is 4.28. The lowest BCUT2D eigenvalue weighted by Gasteiger charge is -2.12. The van der Waals surface area contributed by atoms with E-state index in [-0.39, 0.29) is 0 Å². The first-order chi connectivity index (χ1) is 6.74. The molecule has 0 radical (unpaired) electrons. The summed E-state index contributed by atoms with van der Waals surface area (Å²) in [7, 11) is 1.72. The number of nitrogens with one attached hydrogen (secondary N) is 2. The molecule has 1 aromatic rings. The number of pyridine rings is 1. The largest absolute Gasteiger partial charge is 0.385 e. The zero-order valence-electron chi connectivity index (χ0n) is 7.90. The average molecular weight is 211 g/mol. The minimum Gasteiger partial charge on any atom is -0.385 e. The van der Waals surface area contributed by atoms with Crippen molar-refractivity contribution in [3.63, 3.8) is 0 Å². The van der Waals surface area contributed by atoms with Crippen molar-refractivity contribution in [2.75, 3.05) is 13.6 Å². The van der Waals surface area contributed by atoms with Crippen LogP contribution < -0.4 is 10.6 Å². The smallest absolute Gasteiger partial charge is 0.166 e. The van der Waals surface area contributed by atoms with E-state index in [2.05, 4.69) is 15.6 Å². The summed E-state index contributed by atoms with van der Waals surface area (Å²) < 4.78 is 0. The van der Waals surface area contributed by atoms with Crippen LogP contribution in [0.3, 0.4) is 0 Å². The molecule has 1 aromatic heterocycles. The normalized spacial score (nSPS) is 11.9. The number of rotatable bonds is 3. The third-order valence-electron chi connectivity index (χ3n) is 1.71. The molecule has 0 amide bonds. The van der Waals surface area contributed by atoms with Crippen molar-refractivity contribution in [3.05, 3.63) is 30.1 Å². The zero-order valence-corrected chi connectivity index (χ0v) is 8.71. The van der Waals surface area contributed by atoms with Crippen LogP contribution in [0.5, 0.6) is 0 Å². The summed E-state index contributed by atoms with van der Waals surface area (Å²) in [5.41, 5.74) is 0.638. The van der Waals surface area contributed by atoms with Gasteiger partial charge in [0, 0.05) is 19.8 Å². The second-order valence-corrected chi connectivity index (χ2v) is 3.14. The highest BCUT2D eigenvalue weighted by Gasteiger charge is 2.07. The minimum atomic E-state index is -0.637. The molecule has 0 saturated carbocycles. The van der Waals surface area contributed by atoms with E-state index < -0.39 is 6.10 Å². The molecule has 5 heteroatoms. The van der Waals surface area contributed by atoms with E-state index in [4.69, 9.17) is 12.2 Å². The quantitative estimate of drug-likeness (QED) is 0.624. The molecule has 1 rings (SSSR count). The maximum Gasteiger partial charge on any atom is 0.166 e. The van der Waals surface area contributed by atoms with Gasteiger partial charge in [-0.25, -0.2) is 0 Å². The molecule has 0 fully saturated rings. The fraction of sp³-hybridized carbons (Fsp3) is 0.333. The summed E-state index contributed by atoms with van der Waals surface area (Å²) in [5.74, 6) is 0. The Bertz CT molecular complexity index is 291. The second kappa shape index (κ2) is 5.51. The molecule has 3 N–H and O–H groups in total. The van der Waals surface area contributed by atoms with E-state index in [9.17, 15) is 5.11 Å².